The molecule has 1 heterocycles. The van der Waals surface area contributed by atoms with Crippen LogP contribution in [-0.4, -0.2) is 24.2 Å². The van der Waals surface area contributed by atoms with Crippen molar-refractivity contribution < 1.29 is 9.53 Å². The monoisotopic (exact) mass is 285 g/mol. The largest absolute Gasteiger partial charge is 0.491 e. The van der Waals surface area contributed by atoms with Crippen LogP contribution in [0.25, 0.3) is 0 Å². The lowest BCUT2D eigenvalue weighted by molar-refractivity contribution is 0.242. The second-order valence-corrected chi connectivity index (χ2v) is 4.51. The molecule has 0 saturated carbocycles. The van der Waals surface area contributed by atoms with E-state index in [9.17, 15) is 4.79 Å². The maximum atomic E-state index is 11.0. The van der Waals surface area contributed by atoms with Crippen LogP contribution >= 0.6 is 0 Å². The number of amidine groups is 1. The van der Waals surface area contributed by atoms with Gasteiger partial charge in [0.15, 0.2) is 5.84 Å². The summed E-state index contributed by atoms with van der Waals surface area (Å²) in [6.07, 6.45) is 1.68. The fourth-order valence-electron chi connectivity index (χ4n) is 1.49. The molecule has 1 N–H and O–H groups in total. The molecule has 1 aromatic carbocycles. The van der Waals surface area contributed by atoms with Crippen molar-refractivity contribution in [2.45, 2.75) is 20.0 Å². The lowest BCUT2D eigenvalue weighted by atomic mass is 10.2. The Balaban J connectivity index is 2.03. The number of urea groups is 1. The van der Waals surface area contributed by atoms with E-state index < -0.39 is 6.03 Å². The number of ether oxygens (including phenoxy) is 1. The van der Waals surface area contributed by atoms with Gasteiger partial charge in [-0.25, -0.2) is 4.79 Å². The molecule has 1 aliphatic heterocycles. The van der Waals surface area contributed by atoms with Gasteiger partial charge in [0.2, 0.25) is 0 Å². The highest BCUT2D eigenvalue weighted by molar-refractivity contribution is 6.08. The van der Waals surface area contributed by atoms with Gasteiger partial charge in [0.05, 0.1) is 12.3 Å². The number of nitrogens with one attached hydrogen (secondary N) is 1. The average molecular weight is 285 g/mol. The van der Waals surface area contributed by atoms with Crippen molar-refractivity contribution >= 4 is 18.1 Å². The molecule has 0 saturated heterocycles. The minimum atomic E-state index is -0.591. The number of carbonyl (C=O) groups excluding carboxylic acids is 1. The summed E-state index contributed by atoms with van der Waals surface area (Å²) in [6, 6.07) is 6.82. The molecular formula is C14H15N5O2. The highest BCUT2D eigenvalue weighted by Crippen LogP contribution is 2.12. The number of carbonyl (C=O) groups is 1. The minimum absolute atomic E-state index is 0.131. The maximum absolute atomic E-state index is 11.0. The van der Waals surface area contributed by atoms with Crippen molar-refractivity contribution in [2.24, 2.45) is 20.4 Å². The van der Waals surface area contributed by atoms with E-state index in [-0.39, 0.29) is 17.6 Å². The molecule has 0 aromatic heterocycles. The summed E-state index contributed by atoms with van der Waals surface area (Å²) >= 11 is 0. The number of azo groups is 1. The van der Waals surface area contributed by atoms with E-state index in [1.807, 2.05) is 38.1 Å². The fourth-order valence-corrected chi connectivity index (χ4v) is 1.49. The van der Waals surface area contributed by atoms with Crippen LogP contribution in [0.2, 0.25) is 0 Å². The van der Waals surface area contributed by atoms with Gasteiger partial charge in [0.1, 0.15) is 11.4 Å². The Morgan fingerprint density at radius 3 is 2.67 bits per heavy atom. The zero-order valence-corrected chi connectivity index (χ0v) is 11.8. The summed E-state index contributed by atoms with van der Waals surface area (Å²) in [6.45, 7) is 7.53. The second-order valence-electron chi connectivity index (χ2n) is 4.51. The molecule has 21 heavy (non-hydrogen) atoms. The average Bonchev–Trinajstić information content (AvgIpc) is 2.44. The Morgan fingerprint density at radius 1 is 1.29 bits per heavy atom. The Bertz CT molecular complexity index is 629. The smallest absolute Gasteiger partial charge is 0.365 e. The predicted octanol–water partition coefficient (Wildman–Crippen LogP) is 2.90. The first-order chi connectivity index (χ1) is 10.0. The van der Waals surface area contributed by atoms with Gasteiger partial charge in [0.25, 0.3) is 0 Å². The topological polar surface area (TPSA) is 87.8 Å². The summed E-state index contributed by atoms with van der Waals surface area (Å²) in [4.78, 5) is 11.0. The fraction of sp³-hybridized carbons (Fsp3) is 0.214. The molecule has 2 rings (SSSR count). The van der Waals surface area contributed by atoms with Crippen LogP contribution in [0.15, 0.2) is 57.0 Å². The highest BCUT2D eigenvalue weighted by Gasteiger charge is 2.13. The van der Waals surface area contributed by atoms with Crippen molar-refractivity contribution in [1.82, 2.24) is 5.32 Å². The number of rotatable bonds is 4. The van der Waals surface area contributed by atoms with Crippen molar-refractivity contribution in [3.8, 4) is 5.75 Å². The van der Waals surface area contributed by atoms with Crippen LogP contribution in [0, 0.1) is 0 Å². The van der Waals surface area contributed by atoms with Gasteiger partial charge in [-0.3, -0.25) is 5.32 Å². The molecule has 0 bridgehead atoms. The van der Waals surface area contributed by atoms with Crippen LogP contribution in [0.5, 0.6) is 5.75 Å². The van der Waals surface area contributed by atoms with E-state index >= 15 is 0 Å². The normalized spacial score (nSPS) is 16.8. The predicted molar refractivity (Wildman–Crippen MR) is 79.8 cm³/mol. The zero-order chi connectivity index (χ0) is 15.2. The first kappa shape index (κ1) is 14.6. The van der Waals surface area contributed by atoms with Gasteiger partial charge in [-0.15, -0.1) is 10.2 Å². The van der Waals surface area contributed by atoms with Crippen LogP contribution in [-0.2, 0) is 0 Å². The molecule has 1 aromatic rings. The molecule has 1 aliphatic rings. The Labute approximate surface area is 122 Å². The third kappa shape index (κ3) is 4.34. The second kappa shape index (κ2) is 6.56. The number of hydrogen-bond donors (Lipinski definition) is 1. The highest BCUT2D eigenvalue weighted by atomic mass is 16.5. The third-order valence-electron chi connectivity index (χ3n) is 2.38. The van der Waals surface area contributed by atoms with Gasteiger partial charge in [-0.1, -0.05) is 11.7 Å². The third-order valence-corrected chi connectivity index (χ3v) is 2.38. The first-order valence-corrected chi connectivity index (χ1v) is 6.34. The van der Waals surface area contributed by atoms with Gasteiger partial charge < -0.3 is 4.74 Å². The van der Waals surface area contributed by atoms with Gasteiger partial charge >= 0.3 is 6.03 Å². The molecule has 7 heteroatoms. The molecular weight excluding hydrogens is 270 g/mol. The Kier molecular flexibility index (Phi) is 4.55. The van der Waals surface area contributed by atoms with Gasteiger partial charge in [-0.2, -0.15) is 5.10 Å². The minimum Gasteiger partial charge on any atom is -0.491 e. The maximum Gasteiger partial charge on any atom is 0.365 e. The lowest BCUT2D eigenvalue weighted by Gasteiger charge is -2.09. The number of amides is 2. The van der Waals surface area contributed by atoms with Crippen molar-refractivity contribution in [1.29, 1.82) is 0 Å². The van der Waals surface area contributed by atoms with Crippen LogP contribution in [0.1, 0.15) is 19.4 Å². The number of hydrogen-bond acceptors (Lipinski definition) is 5. The SMILES string of the molecule is C=C1N=NC(=O)N/C1=N/N=C/c1ccc(OC(C)C)cc1. The van der Waals surface area contributed by atoms with Gasteiger partial charge in [-0.05, 0) is 43.7 Å². The van der Waals surface area contributed by atoms with E-state index in [1.54, 1.807) is 6.21 Å². The van der Waals surface area contributed by atoms with E-state index in [0.717, 1.165) is 11.3 Å². The molecule has 0 unspecified atom stereocenters. The van der Waals surface area contributed by atoms with Crippen LogP contribution in [0.3, 0.4) is 0 Å². The quantitative estimate of drug-likeness (QED) is 0.681. The zero-order valence-electron chi connectivity index (χ0n) is 11.8. The first-order valence-electron chi connectivity index (χ1n) is 6.34. The van der Waals surface area contributed by atoms with Crippen molar-refractivity contribution in [3.05, 3.63) is 42.1 Å². The van der Waals surface area contributed by atoms with E-state index in [4.69, 9.17) is 4.74 Å². The Morgan fingerprint density at radius 2 is 2.00 bits per heavy atom. The van der Waals surface area contributed by atoms with E-state index in [1.165, 1.54) is 0 Å². The van der Waals surface area contributed by atoms with Crippen LogP contribution < -0.4 is 10.1 Å². The van der Waals surface area contributed by atoms with Crippen molar-refractivity contribution in [3.63, 3.8) is 0 Å². The molecule has 0 radical (unpaired) electrons. The molecule has 0 atom stereocenters. The summed E-state index contributed by atoms with van der Waals surface area (Å²) in [5.74, 6) is 0.979. The molecule has 0 fully saturated rings. The number of nitrogens with zero attached hydrogens (tertiary/aromatic N) is 4. The summed E-state index contributed by atoms with van der Waals surface area (Å²) < 4.78 is 5.54. The molecule has 0 aliphatic carbocycles. The molecule has 108 valence electrons. The molecule has 2 amide bonds. The summed E-state index contributed by atoms with van der Waals surface area (Å²) in [5.41, 5.74) is 1.11. The standard InChI is InChI=1S/C14H15N5O2/c1-9(2)21-12-6-4-11(5-7-12)8-15-18-13-10(3)17-19-14(20)16-13/h4-9H,3H2,1-2H3,(H,16,18,20)/b15-8+. The van der Waals surface area contributed by atoms with E-state index in [0.29, 0.717) is 0 Å². The summed E-state index contributed by atoms with van der Waals surface area (Å²) in [7, 11) is 0. The molecule has 7 nitrogen and oxygen atoms in total. The summed E-state index contributed by atoms with van der Waals surface area (Å²) in [5, 5.41) is 17.0. The van der Waals surface area contributed by atoms with Crippen LogP contribution in [0.4, 0.5) is 4.79 Å². The molecule has 0 spiro atoms. The van der Waals surface area contributed by atoms with Crippen molar-refractivity contribution in [2.75, 3.05) is 0 Å². The van der Waals surface area contributed by atoms with E-state index in [2.05, 4.69) is 32.3 Å². The van der Waals surface area contributed by atoms with Gasteiger partial charge in [0, 0.05) is 0 Å². The lowest BCUT2D eigenvalue weighted by Crippen LogP contribution is -2.31. The number of benzene rings is 1. The Hall–Kier alpha value is -2.83.